The zero-order valence-electron chi connectivity index (χ0n) is 9.73. The van der Waals surface area contributed by atoms with E-state index in [1.165, 1.54) is 4.90 Å². The third kappa shape index (κ3) is 3.89. The second-order valence-electron chi connectivity index (χ2n) is 3.64. The van der Waals surface area contributed by atoms with Gasteiger partial charge in [-0.2, -0.15) is 5.26 Å². The highest BCUT2D eigenvalue weighted by Gasteiger charge is 2.22. The largest absolute Gasteiger partial charge is 0.380 e. The standard InChI is InChI=1S/C11H15N3O3/c1-17-8-9-2-6-14(7-3-9)11(16)10(15)13-5-4-12/h2H,3,5-8H2,1H3,(H,13,15). The number of ether oxygens (including phenoxy) is 1. The zero-order chi connectivity index (χ0) is 12.7. The predicted molar refractivity (Wildman–Crippen MR) is 59.8 cm³/mol. The van der Waals surface area contributed by atoms with Crippen LogP contribution in [0.25, 0.3) is 0 Å². The van der Waals surface area contributed by atoms with Crippen LogP contribution in [-0.2, 0) is 14.3 Å². The first-order valence-corrected chi connectivity index (χ1v) is 5.30. The first kappa shape index (κ1) is 13.2. The molecule has 1 aliphatic heterocycles. The van der Waals surface area contributed by atoms with Gasteiger partial charge in [-0.25, -0.2) is 0 Å². The van der Waals surface area contributed by atoms with Gasteiger partial charge in [0.25, 0.3) is 0 Å². The summed E-state index contributed by atoms with van der Waals surface area (Å²) in [6, 6.07) is 1.75. The van der Waals surface area contributed by atoms with Crippen LogP contribution < -0.4 is 5.32 Å². The molecule has 1 heterocycles. The Kier molecular flexibility index (Phi) is 5.17. The second-order valence-corrected chi connectivity index (χ2v) is 3.64. The lowest BCUT2D eigenvalue weighted by Gasteiger charge is -2.25. The summed E-state index contributed by atoms with van der Waals surface area (Å²) in [6.45, 7) is 1.33. The van der Waals surface area contributed by atoms with Crippen LogP contribution in [0.15, 0.2) is 11.6 Å². The molecule has 0 aliphatic carbocycles. The van der Waals surface area contributed by atoms with Crippen molar-refractivity contribution in [3.63, 3.8) is 0 Å². The van der Waals surface area contributed by atoms with Gasteiger partial charge in [-0.15, -0.1) is 0 Å². The minimum atomic E-state index is -0.727. The average Bonchev–Trinajstić information content (AvgIpc) is 2.36. The molecule has 0 unspecified atom stereocenters. The molecule has 2 amide bonds. The molecule has 0 atom stereocenters. The molecule has 0 saturated heterocycles. The number of nitrogens with zero attached hydrogens (tertiary/aromatic N) is 2. The maximum absolute atomic E-state index is 11.6. The normalized spacial score (nSPS) is 14.8. The van der Waals surface area contributed by atoms with Crippen molar-refractivity contribution in [1.29, 1.82) is 5.26 Å². The lowest BCUT2D eigenvalue weighted by atomic mass is 10.1. The fourth-order valence-corrected chi connectivity index (χ4v) is 1.55. The summed E-state index contributed by atoms with van der Waals surface area (Å²) in [4.78, 5) is 24.4. The Morgan fingerprint density at radius 2 is 2.41 bits per heavy atom. The van der Waals surface area contributed by atoms with E-state index in [1.54, 1.807) is 13.2 Å². The fraction of sp³-hybridized carbons (Fsp3) is 0.545. The summed E-state index contributed by atoms with van der Waals surface area (Å²) in [5, 5.41) is 10.5. The molecule has 1 aliphatic rings. The molecule has 0 fully saturated rings. The maximum atomic E-state index is 11.6. The van der Waals surface area contributed by atoms with Crippen molar-refractivity contribution >= 4 is 11.8 Å². The minimum Gasteiger partial charge on any atom is -0.380 e. The molecule has 17 heavy (non-hydrogen) atoms. The highest BCUT2D eigenvalue weighted by molar-refractivity contribution is 6.35. The molecular formula is C11H15N3O3. The van der Waals surface area contributed by atoms with Gasteiger partial charge in [-0.3, -0.25) is 9.59 Å². The van der Waals surface area contributed by atoms with Gasteiger partial charge in [-0.05, 0) is 12.0 Å². The van der Waals surface area contributed by atoms with Gasteiger partial charge in [0.2, 0.25) is 0 Å². The topological polar surface area (TPSA) is 82.4 Å². The number of carbonyl (C=O) groups excluding carboxylic acids is 2. The van der Waals surface area contributed by atoms with Gasteiger partial charge in [-0.1, -0.05) is 6.08 Å². The Labute approximate surface area is 99.8 Å². The van der Waals surface area contributed by atoms with E-state index in [2.05, 4.69) is 5.32 Å². The molecule has 0 saturated carbocycles. The number of amides is 2. The first-order valence-electron chi connectivity index (χ1n) is 5.30. The van der Waals surface area contributed by atoms with Gasteiger partial charge >= 0.3 is 11.8 Å². The summed E-state index contributed by atoms with van der Waals surface area (Å²) in [5.74, 6) is -1.32. The Hall–Kier alpha value is -1.87. The van der Waals surface area contributed by atoms with Gasteiger partial charge in [0, 0.05) is 20.2 Å². The number of rotatable bonds is 3. The second kappa shape index (κ2) is 6.66. The molecule has 1 N–H and O–H groups in total. The minimum absolute atomic E-state index is 0.150. The molecule has 0 radical (unpaired) electrons. The third-order valence-corrected chi connectivity index (χ3v) is 2.44. The van der Waals surface area contributed by atoms with E-state index < -0.39 is 11.8 Å². The van der Waals surface area contributed by atoms with E-state index in [0.29, 0.717) is 26.1 Å². The number of carbonyl (C=O) groups is 2. The van der Waals surface area contributed by atoms with Crippen molar-refractivity contribution in [2.24, 2.45) is 0 Å². The number of hydrogen-bond donors (Lipinski definition) is 1. The molecule has 1 rings (SSSR count). The number of nitriles is 1. The Balaban J connectivity index is 2.46. The van der Waals surface area contributed by atoms with Gasteiger partial charge in [0.05, 0.1) is 12.7 Å². The van der Waals surface area contributed by atoms with E-state index in [0.717, 1.165) is 5.57 Å². The van der Waals surface area contributed by atoms with Crippen molar-refractivity contribution in [2.45, 2.75) is 6.42 Å². The van der Waals surface area contributed by atoms with Gasteiger partial charge in [0.1, 0.15) is 6.54 Å². The molecule has 6 nitrogen and oxygen atoms in total. The van der Waals surface area contributed by atoms with Gasteiger partial charge < -0.3 is 15.0 Å². The summed E-state index contributed by atoms with van der Waals surface area (Å²) in [7, 11) is 1.62. The van der Waals surface area contributed by atoms with Crippen molar-refractivity contribution in [3.8, 4) is 6.07 Å². The van der Waals surface area contributed by atoms with E-state index in [9.17, 15) is 9.59 Å². The van der Waals surface area contributed by atoms with Crippen molar-refractivity contribution < 1.29 is 14.3 Å². The van der Waals surface area contributed by atoms with Crippen molar-refractivity contribution in [3.05, 3.63) is 11.6 Å². The maximum Gasteiger partial charge on any atom is 0.312 e. The monoisotopic (exact) mass is 237 g/mol. The van der Waals surface area contributed by atoms with Crippen LogP contribution in [0, 0.1) is 11.3 Å². The highest BCUT2D eigenvalue weighted by atomic mass is 16.5. The van der Waals surface area contributed by atoms with E-state index in [1.807, 2.05) is 6.08 Å². The fourth-order valence-electron chi connectivity index (χ4n) is 1.55. The lowest BCUT2D eigenvalue weighted by Crippen LogP contribution is -2.45. The SMILES string of the molecule is COCC1=CCN(C(=O)C(=O)NCC#N)CC1. The van der Waals surface area contributed by atoms with E-state index >= 15 is 0 Å². The molecule has 0 aromatic rings. The molecule has 92 valence electrons. The Morgan fingerprint density at radius 3 is 2.94 bits per heavy atom. The molecular weight excluding hydrogens is 222 g/mol. The van der Waals surface area contributed by atoms with Crippen LogP contribution in [0.3, 0.4) is 0 Å². The van der Waals surface area contributed by atoms with Crippen LogP contribution >= 0.6 is 0 Å². The highest BCUT2D eigenvalue weighted by Crippen LogP contribution is 2.10. The van der Waals surface area contributed by atoms with E-state index in [4.69, 9.17) is 10.00 Å². The van der Waals surface area contributed by atoms with Crippen LogP contribution in [-0.4, -0.2) is 50.1 Å². The average molecular weight is 237 g/mol. The number of hydrogen-bond acceptors (Lipinski definition) is 4. The Bertz CT molecular complexity index is 371. The third-order valence-electron chi connectivity index (χ3n) is 2.44. The summed E-state index contributed by atoms with van der Waals surface area (Å²) < 4.78 is 4.99. The first-order chi connectivity index (χ1) is 8.19. The van der Waals surface area contributed by atoms with Crippen molar-refractivity contribution in [1.82, 2.24) is 10.2 Å². The Morgan fingerprint density at radius 1 is 1.65 bits per heavy atom. The van der Waals surface area contributed by atoms with Crippen molar-refractivity contribution in [2.75, 3.05) is 33.4 Å². The molecule has 0 aromatic heterocycles. The zero-order valence-corrected chi connectivity index (χ0v) is 9.73. The molecule has 0 spiro atoms. The molecule has 0 aromatic carbocycles. The summed E-state index contributed by atoms with van der Waals surface area (Å²) >= 11 is 0. The quantitative estimate of drug-likeness (QED) is 0.405. The van der Waals surface area contributed by atoms with Crippen LogP contribution in [0.2, 0.25) is 0 Å². The number of nitrogens with one attached hydrogen (secondary N) is 1. The lowest BCUT2D eigenvalue weighted by molar-refractivity contribution is -0.145. The van der Waals surface area contributed by atoms with Crippen LogP contribution in [0.5, 0.6) is 0 Å². The molecule has 0 bridgehead atoms. The number of methoxy groups -OCH3 is 1. The summed E-state index contributed by atoms with van der Waals surface area (Å²) in [6.07, 6.45) is 2.60. The van der Waals surface area contributed by atoms with E-state index in [-0.39, 0.29) is 6.54 Å². The van der Waals surface area contributed by atoms with Crippen LogP contribution in [0.4, 0.5) is 0 Å². The summed E-state index contributed by atoms with van der Waals surface area (Å²) in [5.41, 5.74) is 1.13. The van der Waals surface area contributed by atoms with Gasteiger partial charge in [0.15, 0.2) is 0 Å². The predicted octanol–water partition coefficient (Wildman–Crippen LogP) is -0.569. The van der Waals surface area contributed by atoms with Crippen LogP contribution in [0.1, 0.15) is 6.42 Å². The molecule has 6 heteroatoms. The smallest absolute Gasteiger partial charge is 0.312 e.